The Labute approximate surface area is 106 Å². The fourth-order valence-electron chi connectivity index (χ4n) is 1.57. The first kappa shape index (κ1) is 12.1. The summed E-state index contributed by atoms with van der Waals surface area (Å²) in [6.45, 7) is 0.347. The lowest BCUT2D eigenvalue weighted by Crippen LogP contribution is -2.00. The van der Waals surface area contributed by atoms with E-state index in [2.05, 4.69) is 0 Å². The van der Waals surface area contributed by atoms with Gasteiger partial charge in [0.05, 0.1) is 7.11 Å². The molecule has 0 aromatic heterocycles. The van der Waals surface area contributed by atoms with Gasteiger partial charge in [0, 0.05) is 23.4 Å². The molecule has 0 bridgehead atoms. The number of hydrogen-bond acceptors (Lipinski definition) is 4. The first-order valence-corrected chi connectivity index (χ1v) is 5.53. The quantitative estimate of drug-likeness (QED) is 0.812. The third kappa shape index (κ3) is 2.85. The van der Waals surface area contributed by atoms with E-state index in [1.807, 2.05) is 18.2 Å². The highest BCUT2D eigenvalue weighted by atomic mass is 16.5. The van der Waals surface area contributed by atoms with Crippen molar-refractivity contribution in [2.45, 2.75) is 6.61 Å². The normalized spacial score (nSPS) is 10.1. The van der Waals surface area contributed by atoms with E-state index < -0.39 is 0 Å². The molecule has 0 aliphatic carbocycles. The molecule has 0 radical (unpaired) electrons. The number of nitrogens with two attached hydrogens (primary N) is 1. The Morgan fingerprint density at radius 2 is 1.89 bits per heavy atom. The van der Waals surface area contributed by atoms with Gasteiger partial charge in [0.2, 0.25) is 0 Å². The van der Waals surface area contributed by atoms with Crippen molar-refractivity contribution in [1.29, 1.82) is 0 Å². The van der Waals surface area contributed by atoms with E-state index in [-0.39, 0.29) is 5.75 Å². The lowest BCUT2D eigenvalue weighted by Gasteiger charge is -2.09. The summed E-state index contributed by atoms with van der Waals surface area (Å²) in [5.41, 5.74) is 7.12. The van der Waals surface area contributed by atoms with Crippen LogP contribution in [0.15, 0.2) is 42.5 Å². The number of phenols is 1. The molecule has 3 N–H and O–H groups in total. The average Bonchev–Trinajstić information content (AvgIpc) is 2.38. The van der Waals surface area contributed by atoms with E-state index >= 15 is 0 Å². The van der Waals surface area contributed by atoms with Crippen LogP contribution in [0.3, 0.4) is 0 Å². The predicted octanol–water partition coefficient (Wildman–Crippen LogP) is 2.56. The predicted molar refractivity (Wildman–Crippen MR) is 69.8 cm³/mol. The molecule has 4 heteroatoms. The van der Waals surface area contributed by atoms with E-state index in [0.29, 0.717) is 18.0 Å². The molecule has 2 aromatic carbocycles. The van der Waals surface area contributed by atoms with E-state index in [1.54, 1.807) is 25.3 Å². The van der Waals surface area contributed by atoms with Gasteiger partial charge < -0.3 is 20.3 Å². The zero-order valence-electron chi connectivity index (χ0n) is 10.1. The standard InChI is InChI=1S/C14H15NO3/c1-17-12-3-2-4-13(8-12)18-9-10-5-6-11(16)7-14(10)15/h2-8,16H,9,15H2,1H3. The van der Waals surface area contributed by atoms with Crippen molar-refractivity contribution >= 4 is 5.69 Å². The number of methoxy groups -OCH3 is 1. The fraction of sp³-hybridized carbons (Fsp3) is 0.143. The van der Waals surface area contributed by atoms with Gasteiger partial charge in [0.15, 0.2) is 0 Å². The van der Waals surface area contributed by atoms with Gasteiger partial charge >= 0.3 is 0 Å². The lowest BCUT2D eigenvalue weighted by molar-refractivity contribution is 0.304. The van der Waals surface area contributed by atoms with E-state index in [4.69, 9.17) is 15.2 Å². The summed E-state index contributed by atoms with van der Waals surface area (Å²) >= 11 is 0. The molecule has 4 nitrogen and oxygen atoms in total. The molecule has 0 aliphatic heterocycles. The number of phenolic OH excluding ortho intramolecular Hbond substituents is 1. The Kier molecular flexibility index (Phi) is 3.57. The summed E-state index contributed by atoms with van der Waals surface area (Å²) in [5, 5.41) is 9.25. The van der Waals surface area contributed by atoms with E-state index in [0.717, 1.165) is 11.3 Å². The number of ether oxygens (including phenoxy) is 2. The van der Waals surface area contributed by atoms with Crippen molar-refractivity contribution in [3.8, 4) is 17.2 Å². The second-order valence-corrected chi connectivity index (χ2v) is 3.85. The monoisotopic (exact) mass is 245 g/mol. The smallest absolute Gasteiger partial charge is 0.123 e. The van der Waals surface area contributed by atoms with Gasteiger partial charge in [-0.05, 0) is 24.3 Å². The van der Waals surface area contributed by atoms with Gasteiger partial charge in [-0.15, -0.1) is 0 Å². The van der Waals surface area contributed by atoms with Gasteiger partial charge in [0.1, 0.15) is 23.9 Å². The molecule has 0 aliphatic rings. The van der Waals surface area contributed by atoms with Gasteiger partial charge in [-0.1, -0.05) is 6.07 Å². The summed E-state index contributed by atoms with van der Waals surface area (Å²) in [4.78, 5) is 0. The van der Waals surface area contributed by atoms with Crippen LogP contribution >= 0.6 is 0 Å². The highest BCUT2D eigenvalue weighted by molar-refractivity contribution is 5.50. The molecule has 0 saturated heterocycles. The number of benzene rings is 2. The van der Waals surface area contributed by atoms with Crippen LogP contribution in [-0.4, -0.2) is 12.2 Å². The Balaban J connectivity index is 2.06. The Morgan fingerprint density at radius 3 is 2.61 bits per heavy atom. The minimum absolute atomic E-state index is 0.151. The maximum absolute atomic E-state index is 9.25. The largest absolute Gasteiger partial charge is 0.508 e. The van der Waals surface area contributed by atoms with E-state index in [9.17, 15) is 5.11 Å². The van der Waals surface area contributed by atoms with Crippen molar-refractivity contribution in [3.05, 3.63) is 48.0 Å². The van der Waals surface area contributed by atoms with Crippen LogP contribution in [0.2, 0.25) is 0 Å². The van der Waals surface area contributed by atoms with Crippen molar-refractivity contribution in [2.75, 3.05) is 12.8 Å². The van der Waals surface area contributed by atoms with Crippen molar-refractivity contribution in [3.63, 3.8) is 0 Å². The zero-order valence-corrected chi connectivity index (χ0v) is 10.1. The van der Waals surface area contributed by atoms with Crippen LogP contribution < -0.4 is 15.2 Å². The first-order chi connectivity index (χ1) is 8.69. The molecular formula is C14H15NO3. The number of aromatic hydroxyl groups is 1. The van der Waals surface area contributed by atoms with Gasteiger partial charge in [-0.3, -0.25) is 0 Å². The van der Waals surface area contributed by atoms with Crippen LogP contribution in [-0.2, 0) is 6.61 Å². The maximum atomic E-state index is 9.25. The molecule has 0 spiro atoms. The molecule has 0 fully saturated rings. The van der Waals surface area contributed by atoms with Gasteiger partial charge in [-0.25, -0.2) is 0 Å². The molecule has 0 unspecified atom stereocenters. The Bertz CT molecular complexity index is 540. The molecule has 94 valence electrons. The van der Waals surface area contributed by atoms with Crippen molar-refractivity contribution < 1.29 is 14.6 Å². The summed E-state index contributed by atoms with van der Waals surface area (Å²) in [6.07, 6.45) is 0. The second-order valence-electron chi connectivity index (χ2n) is 3.85. The summed E-state index contributed by atoms with van der Waals surface area (Å²) in [6, 6.07) is 12.2. The zero-order chi connectivity index (χ0) is 13.0. The van der Waals surface area contributed by atoms with Crippen LogP contribution in [0.1, 0.15) is 5.56 Å². The number of rotatable bonds is 4. The Morgan fingerprint density at radius 1 is 1.11 bits per heavy atom. The fourth-order valence-corrected chi connectivity index (χ4v) is 1.57. The highest BCUT2D eigenvalue weighted by Gasteiger charge is 2.02. The first-order valence-electron chi connectivity index (χ1n) is 5.53. The molecule has 2 rings (SSSR count). The number of nitrogen functional groups attached to an aromatic ring is 1. The minimum atomic E-state index is 0.151. The van der Waals surface area contributed by atoms with Crippen LogP contribution in [0.5, 0.6) is 17.2 Å². The van der Waals surface area contributed by atoms with Crippen molar-refractivity contribution in [2.24, 2.45) is 0 Å². The summed E-state index contributed by atoms with van der Waals surface area (Å²) in [7, 11) is 1.61. The molecule has 0 saturated carbocycles. The summed E-state index contributed by atoms with van der Waals surface area (Å²) in [5.74, 6) is 1.60. The lowest BCUT2D eigenvalue weighted by atomic mass is 10.2. The molecule has 0 amide bonds. The third-order valence-electron chi connectivity index (χ3n) is 2.56. The summed E-state index contributed by atoms with van der Waals surface area (Å²) < 4.78 is 10.7. The number of hydrogen-bond donors (Lipinski definition) is 2. The number of anilines is 1. The van der Waals surface area contributed by atoms with Gasteiger partial charge in [0.25, 0.3) is 0 Å². The second kappa shape index (κ2) is 5.31. The molecule has 18 heavy (non-hydrogen) atoms. The SMILES string of the molecule is COc1cccc(OCc2ccc(O)cc2N)c1. The Hall–Kier alpha value is -2.36. The minimum Gasteiger partial charge on any atom is -0.508 e. The molecular weight excluding hydrogens is 230 g/mol. The van der Waals surface area contributed by atoms with Crippen LogP contribution in [0.4, 0.5) is 5.69 Å². The van der Waals surface area contributed by atoms with Crippen molar-refractivity contribution in [1.82, 2.24) is 0 Å². The van der Waals surface area contributed by atoms with Crippen LogP contribution in [0.25, 0.3) is 0 Å². The highest BCUT2D eigenvalue weighted by Crippen LogP contribution is 2.23. The molecule has 0 heterocycles. The molecule has 0 atom stereocenters. The topological polar surface area (TPSA) is 64.7 Å². The maximum Gasteiger partial charge on any atom is 0.123 e. The van der Waals surface area contributed by atoms with Crippen LogP contribution in [0, 0.1) is 0 Å². The van der Waals surface area contributed by atoms with E-state index in [1.165, 1.54) is 6.07 Å². The van der Waals surface area contributed by atoms with Gasteiger partial charge in [-0.2, -0.15) is 0 Å². The average molecular weight is 245 g/mol. The molecule has 2 aromatic rings. The third-order valence-corrected chi connectivity index (χ3v) is 2.56.